The van der Waals surface area contributed by atoms with E-state index in [9.17, 15) is 8.42 Å². The molecule has 0 aliphatic rings. The van der Waals surface area contributed by atoms with E-state index in [4.69, 9.17) is 11.6 Å². The molecule has 0 unspecified atom stereocenters. The molecule has 0 saturated carbocycles. The molecule has 0 bridgehead atoms. The highest BCUT2D eigenvalue weighted by Gasteiger charge is 2.16. The van der Waals surface area contributed by atoms with Gasteiger partial charge in [0.15, 0.2) is 10.8 Å². The van der Waals surface area contributed by atoms with Gasteiger partial charge < -0.3 is 4.98 Å². The van der Waals surface area contributed by atoms with Crippen LogP contribution < -0.4 is 4.72 Å². The Bertz CT molecular complexity index is 667. The van der Waals surface area contributed by atoms with Crippen LogP contribution in [0.2, 0.25) is 5.15 Å². The van der Waals surface area contributed by atoms with Crippen LogP contribution in [0.4, 0.5) is 5.95 Å². The van der Waals surface area contributed by atoms with Gasteiger partial charge in [-0.2, -0.15) is 9.97 Å². The normalized spacial score (nSPS) is 12.2. The van der Waals surface area contributed by atoms with E-state index in [1.54, 1.807) is 0 Å². The minimum atomic E-state index is -3.47. The van der Waals surface area contributed by atoms with Crippen LogP contribution in [0.5, 0.6) is 0 Å². The Balaban J connectivity index is 2.32. The number of nitrogens with zero attached hydrogens (tertiary/aromatic N) is 3. The maximum absolute atomic E-state index is 11.7. The fourth-order valence-corrected chi connectivity index (χ4v) is 3.01. The summed E-state index contributed by atoms with van der Waals surface area (Å²) in [6.07, 6.45) is 1.41. The fourth-order valence-electron chi connectivity index (χ4n) is 1.46. The summed E-state index contributed by atoms with van der Waals surface area (Å²) in [5.41, 5.74) is 0.792. The first-order chi connectivity index (χ1) is 8.37. The summed E-state index contributed by atoms with van der Waals surface area (Å²) in [5.74, 6) is -0.0700. The zero-order valence-corrected chi connectivity index (χ0v) is 11.4. The summed E-state index contributed by atoms with van der Waals surface area (Å²) < 4.78 is 25.8. The summed E-state index contributed by atoms with van der Waals surface area (Å²) in [6, 6.07) is 0. The van der Waals surface area contributed by atoms with Gasteiger partial charge in [-0.15, -0.1) is 0 Å². The number of nitrogens with one attached hydrogen (secondary N) is 2. The highest BCUT2D eigenvalue weighted by atomic mass is 35.5. The number of rotatable bonds is 4. The van der Waals surface area contributed by atoms with Crippen LogP contribution in [0.1, 0.15) is 13.8 Å². The van der Waals surface area contributed by atoms with Gasteiger partial charge in [-0.05, 0) is 5.92 Å². The summed E-state index contributed by atoms with van der Waals surface area (Å²) in [7, 11) is -3.47. The van der Waals surface area contributed by atoms with Crippen molar-refractivity contribution in [3.63, 3.8) is 0 Å². The van der Waals surface area contributed by atoms with Crippen LogP contribution in [0.25, 0.3) is 11.2 Å². The smallest absolute Gasteiger partial charge is 0.240 e. The number of aromatic amines is 1. The molecule has 0 amide bonds. The van der Waals surface area contributed by atoms with Crippen molar-refractivity contribution in [2.24, 2.45) is 5.92 Å². The van der Waals surface area contributed by atoms with E-state index in [-0.39, 0.29) is 22.8 Å². The van der Waals surface area contributed by atoms with Crippen molar-refractivity contribution in [3.8, 4) is 0 Å². The quantitative estimate of drug-likeness (QED) is 0.829. The minimum absolute atomic E-state index is 0.00656. The van der Waals surface area contributed by atoms with E-state index in [1.807, 2.05) is 13.8 Å². The maximum Gasteiger partial charge on any atom is 0.240 e. The zero-order valence-electron chi connectivity index (χ0n) is 9.81. The Hall–Kier alpha value is -1.41. The van der Waals surface area contributed by atoms with Crippen molar-refractivity contribution < 1.29 is 8.42 Å². The predicted octanol–water partition coefficient (Wildman–Crippen LogP) is 1.40. The minimum Gasteiger partial charge on any atom is -0.341 e. The molecule has 0 aliphatic heterocycles. The van der Waals surface area contributed by atoms with Crippen LogP contribution >= 0.6 is 11.6 Å². The van der Waals surface area contributed by atoms with Crippen molar-refractivity contribution in [2.45, 2.75) is 13.8 Å². The molecule has 0 saturated heterocycles. The van der Waals surface area contributed by atoms with Gasteiger partial charge in [-0.3, -0.25) is 4.72 Å². The van der Waals surface area contributed by atoms with Gasteiger partial charge in [0.05, 0.1) is 12.1 Å². The molecule has 98 valence electrons. The molecule has 2 aromatic heterocycles. The van der Waals surface area contributed by atoms with Gasteiger partial charge in [0, 0.05) is 0 Å². The van der Waals surface area contributed by atoms with Crippen LogP contribution in [-0.4, -0.2) is 34.1 Å². The molecule has 0 radical (unpaired) electrons. The van der Waals surface area contributed by atoms with Crippen LogP contribution in [0, 0.1) is 5.92 Å². The average molecular weight is 290 g/mol. The molecule has 0 aliphatic carbocycles. The van der Waals surface area contributed by atoms with Crippen molar-refractivity contribution in [1.29, 1.82) is 0 Å². The molecule has 2 rings (SSSR count). The molecule has 9 heteroatoms. The average Bonchev–Trinajstić information content (AvgIpc) is 2.62. The highest BCUT2D eigenvalue weighted by Crippen LogP contribution is 2.18. The first-order valence-corrected chi connectivity index (χ1v) is 7.27. The van der Waals surface area contributed by atoms with Gasteiger partial charge in [-0.25, -0.2) is 13.4 Å². The Labute approximate surface area is 109 Å². The second kappa shape index (κ2) is 4.69. The van der Waals surface area contributed by atoms with E-state index in [0.29, 0.717) is 11.2 Å². The van der Waals surface area contributed by atoms with Crippen molar-refractivity contribution in [3.05, 3.63) is 11.5 Å². The monoisotopic (exact) mass is 289 g/mol. The summed E-state index contributed by atoms with van der Waals surface area (Å²) in [6.45, 7) is 3.62. The summed E-state index contributed by atoms with van der Waals surface area (Å²) >= 11 is 5.88. The highest BCUT2D eigenvalue weighted by molar-refractivity contribution is 7.92. The molecule has 0 spiro atoms. The first-order valence-electron chi connectivity index (χ1n) is 5.24. The molecule has 2 aromatic rings. The van der Waals surface area contributed by atoms with Gasteiger partial charge in [0.25, 0.3) is 0 Å². The number of hydrogen-bond donors (Lipinski definition) is 2. The molecule has 2 heterocycles. The van der Waals surface area contributed by atoms with Gasteiger partial charge in [-0.1, -0.05) is 25.4 Å². The van der Waals surface area contributed by atoms with E-state index in [0.717, 1.165) is 0 Å². The molecule has 2 N–H and O–H groups in total. The van der Waals surface area contributed by atoms with Crippen molar-refractivity contribution in [1.82, 2.24) is 19.9 Å². The van der Waals surface area contributed by atoms with Gasteiger partial charge in [0.1, 0.15) is 5.52 Å². The molecule has 18 heavy (non-hydrogen) atoms. The van der Waals surface area contributed by atoms with E-state index in [2.05, 4.69) is 24.7 Å². The van der Waals surface area contributed by atoms with Crippen molar-refractivity contribution in [2.75, 3.05) is 10.5 Å². The number of H-pyrrole nitrogens is 1. The second-order valence-electron chi connectivity index (χ2n) is 4.22. The molecular formula is C9H12ClN5O2S. The lowest BCUT2D eigenvalue weighted by atomic mass is 10.3. The summed E-state index contributed by atoms with van der Waals surface area (Å²) in [4.78, 5) is 14.5. The van der Waals surface area contributed by atoms with Crippen LogP contribution in [-0.2, 0) is 10.0 Å². The molecule has 0 atom stereocenters. The largest absolute Gasteiger partial charge is 0.341 e. The SMILES string of the molecule is CC(C)CS(=O)(=O)Nc1nc(Cl)c2[nH]cnc2n1. The van der Waals surface area contributed by atoms with E-state index < -0.39 is 10.0 Å². The lowest BCUT2D eigenvalue weighted by Crippen LogP contribution is -2.21. The third-order valence-corrected chi connectivity index (χ3v) is 3.91. The van der Waals surface area contributed by atoms with Gasteiger partial charge in [0.2, 0.25) is 16.0 Å². The summed E-state index contributed by atoms with van der Waals surface area (Å²) in [5, 5.41) is 0.125. The fraction of sp³-hybridized carbons (Fsp3) is 0.444. The Kier molecular flexibility index (Phi) is 3.40. The number of fused-ring (bicyclic) bond motifs is 1. The number of anilines is 1. The third-order valence-electron chi connectivity index (χ3n) is 2.04. The first kappa shape index (κ1) is 13.0. The standard InChI is InChI=1S/C9H12ClN5O2S/c1-5(2)3-18(16,17)15-9-13-7(10)6-8(14-9)12-4-11-6/h4-5H,3H2,1-2H3,(H2,11,12,13,14,15). The van der Waals surface area contributed by atoms with Crippen LogP contribution in [0.3, 0.4) is 0 Å². The van der Waals surface area contributed by atoms with Crippen molar-refractivity contribution >= 4 is 38.7 Å². The number of aromatic nitrogens is 4. The zero-order chi connectivity index (χ0) is 13.3. The Morgan fingerprint density at radius 2 is 2.17 bits per heavy atom. The number of sulfonamides is 1. The molecular weight excluding hydrogens is 278 g/mol. The molecule has 7 nitrogen and oxygen atoms in total. The lowest BCUT2D eigenvalue weighted by Gasteiger charge is -2.08. The number of hydrogen-bond acceptors (Lipinski definition) is 5. The van der Waals surface area contributed by atoms with E-state index in [1.165, 1.54) is 6.33 Å². The Morgan fingerprint density at radius 1 is 1.44 bits per heavy atom. The lowest BCUT2D eigenvalue weighted by molar-refractivity contribution is 0.587. The van der Waals surface area contributed by atoms with E-state index >= 15 is 0 Å². The molecule has 0 fully saturated rings. The van der Waals surface area contributed by atoms with Gasteiger partial charge >= 0.3 is 0 Å². The number of imidazole rings is 1. The second-order valence-corrected chi connectivity index (χ2v) is 6.34. The van der Waals surface area contributed by atoms with Crippen LogP contribution in [0.15, 0.2) is 6.33 Å². The Morgan fingerprint density at radius 3 is 2.83 bits per heavy atom. The number of halogens is 1. The molecule has 0 aromatic carbocycles. The third kappa shape index (κ3) is 2.88. The topological polar surface area (TPSA) is 101 Å². The predicted molar refractivity (Wildman–Crippen MR) is 68.9 cm³/mol. The maximum atomic E-state index is 11.7.